The smallest absolute Gasteiger partial charge is 0.243 e. The average Bonchev–Trinajstić information content (AvgIpc) is 2.83. The average molecular weight is 463 g/mol. The van der Waals surface area contributed by atoms with E-state index in [9.17, 15) is 9.59 Å². The van der Waals surface area contributed by atoms with E-state index in [2.05, 4.69) is 5.32 Å². The van der Waals surface area contributed by atoms with E-state index in [1.807, 2.05) is 92.7 Å². The van der Waals surface area contributed by atoms with Crippen molar-refractivity contribution in [1.29, 1.82) is 0 Å². The van der Waals surface area contributed by atoms with Gasteiger partial charge < -0.3 is 10.2 Å². The Morgan fingerprint density at radius 2 is 1.58 bits per heavy atom. The molecule has 3 aromatic rings. The van der Waals surface area contributed by atoms with Crippen LogP contribution in [-0.2, 0) is 29.0 Å². The van der Waals surface area contributed by atoms with Crippen molar-refractivity contribution in [1.82, 2.24) is 10.2 Å². The van der Waals surface area contributed by atoms with Gasteiger partial charge in [0.2, 0.25) is 11.8 Å². The molecular weight excluding hydrogens is 432 g/mol. The van der Waals surface area contributed by atoms with Crippen LogP contribution in [0.3, 0.4) is 0 Å². The van der Waals surface area contributed by atoms with Gasteiger partial charge in [-0.15, -0.1) is 0 Å². The first-order valence-corrected chi connectivity index (χ1v) is 11.8. The van der Waals surface area contributed by atoms with Crippen LogP contribution < -0.4 is 5.32 Å². The van der Waals surface area contributed by atoms with Crippen LogP contribution in [0.2, 0.25) is 5.02 Å². The summed E-state index contributed by atoms with van der Waals surface area (Å²) in [5.74, 6) is -0.209. The minimum absolute atomic E-state index is 0.0770. The minimum Gasteiger partial charge on any atom is -0.354 e. The lowest BCUT2D eigenvalue weighted by Gasteiger charge is -2.32. The van der Waals surface area contributed by atoms with Crippen LogP contribution in [-0.4, -0.2) is 29.3 Å². The normalized spacial score (nSPS) is 11.6. The Bertz CT molecular complexity index is 1050. The topological polar surface area (TPSA) is 49.4 Å². The number of benzene rings is 3. The summed E-state index contributed by atoms with van der Waals surface area (Å²) in [4.78, 5) is 28.7. The molecule has 4 nitrogen and oxygen atoms in total. The van der Waals surface area contributed by atoms with Crippen molar-refractivity contribution in [3.63, 3.8) is 0 Å². The van der Waals surface area contributed by atoms with Gasteiger partial charge in [0.05, 0.1) is 6.42 Å². The van der Waals surface area contributed by atoms with E-state index in [1.54, 1.807) is 4.90 Å². The Hall–Kier alpha value is -3.11. The molecule has 3 aromatic carbocycles. The van der Waals surface area contributed by atoms with E-state index in [0.29, 0.717) is 24.5 Å². The molecule has 0 aliphatic rings. The molecule has 0 saturated carbocycles. The van der Waals surface area contributed by atoms with Gasteiger partial charge in [-0.2, -0.15) is 0 Å². The predicted molar refractivity (Wildman–Crippen MR) is 134 cm³/mol. The van der Waals surface area contributed by atoms with Gasteiger partial charge in [0.15, 0.2) is 0 Å². The second kappa shape index (κ2) is 12.2. The van der Waals surface area contributed by atoms with E-state index < -0.39 is 6.04 Å². The van der Waals surface area contributed by atoms with E-state index in [4.69, 9.17) is 11.6 Å². The molecule has 0 bridgehead atoms. The second-order valence-corrected chi connectivity index (χ2v) is 8.68. The first-order valence-electron chi connectivity index (χ1n) is 11.4. The van der Waals surface area contributed by atoms with Gasteiger partial charge in [-0.1, -0.05) is 85.3 Å². The van der Waals surface area contributed by atoms with Gasteiger partial charge in [0, 0.05) is 24.5 Å². The molecule has 3 rings (SSSR count). The first-order chi connectivity index (χ1) is 16.0. The molecule has 0 aliphatic heterocycles. The molecule has 0 spiro atoms. The van der Waals surface area contributed by atoms with Gasteiger partial charge in [-0.25, -0.2) is 0 Å². The van der Waals surface area contributed by atoms with Crippen molar-refractivity contribution >= 4 is 23.4 Å². The molecule has 0 radical (unpaired) electrons. The second-order valence-electron chi connectivity index (χ2n) is 8.25. The summed E-state index contributed by atoms with van der Waals surface area (Å²) < 4.78 is 0. The van der Waals surface area contributed by atoms with Crippen molar-refractivity contribution in [2.45, 2.75) is 45.7 Å². The van der Waals surface area contributed by atoms with Crippen LogP contribution >= 0.6 is 11.6 Å². The van der Waals surface area contributed by atoms with Crippen molar-refractivity contribution in [2.24, 2.45) is 0 Å². The SMILES string of the molecule is CCCNC(=O)[C@H](Cc1ccccc1)N(Cc1ccc(Cl)cc1)C(=O)Cc1ccccc1C. The lowest BCUT2D eigenvalue weighted by atomic mass is 10.00. The number of hydrogen-bond donors (Lipinski definition) is 1. The van der Waals surface area contributed by atoms with Crippen LogP contribution in [0.4, 0.5) is 0 Å². The highest BCUT2D eigenvalue weighted by Gasteiger charge is 2.30. The number of hydrogen-bond acceptors (Lipinski definition) is 2. The third kappa shape index (κ3) is 7.19. The summed E-state index contributed by atoms with van der Waals surface area (Å²) in [6.07, 6.45) is 1.52. The maximum atomic E-state index is 13.7. The third-order valence-electron chi connectivity index (χ3n) is 5.69. The van der Waals surface area contributed by atoms with Gasteiger partial charge in [0.1, 0.15) is 6.04 Å². The zero-order valence-corrected chi connectivity index (χ0v) is 20.0. The zero-order chi connectivity index (χ0) is 23.6. The first kappa shape index (κ1) is 24.5. The van der Waals surface area contributed by atoms with Crippen LogP contribution in [0.15, 0.2) is 78.9 Å². The highest BCUT2D eigenvalue weighted by atomic mass is 35.5. The number of amides is 2. The molecule has 0 aliphatic carbocycles. The van der Waals surface area contributed by atoms with E-state index in [-0.39, 0.29) is 18.2 Å². The summed E-state index contributed by atoms with van der Waals surface area (Å²) in [5.41, 5.74) is 3.97. The molecule has 0 saturated heterocycles. The number of nitrogens with zero attached hydrogens (tertiary/aromatic N) is 1. The highest BCUT2D eigenvalue weighted by molar-refractivity contribution is 6.30. The monoisotopic (exact) mass is 462 g/mol. The number of aryl methyl sites for hydroxylation is 1. The Labute approximate surface area is 201 Å². The Morgan fingerprint density at radius 1 is 0.909 bits per heavy atom. The lowest BCUT2D eigenvalue weighted by Crippen LogP contribution is -2.51. The van der Waals surface area contributed by atoms with Crippen molar-refractivity contribution < 1.29 is 9.59 Å². The molecule has 0 aromatic heterocycles. The minimum atomic E-state index is -0.619. The number of halogens is 1. The zero-order valence-electron chi connectivity index (χ0n) is 19.3. The summed E-state index contributed by atoms with van der Waals surface area (Å²) in [6.45, 7) is 4.92. The summed E-state index contributed by atoms with van der Waals surface area (Å²) in [7, 11) is 0. The van der Waals surface area contributed by atoms with E-state index in [1.165, 1.54) is 0 Å². The van der Waals surface area contributed by atoms with Crippen molar-refractivity contribution in [2.75, 3.05) is 6.54 Å². The molecule has 5 heteroatoms. The Morgan fingerprint density at radius 3 is 2.24 bits per heavy atom. The molecule has 172 valence electrons. The third-order valence-corrected chi connectivity index (χ3v) is 5.94. The van der Waals surface area contributed by atoms with Crippen LogP contribution in [0, 0.1) is 6.92 Å². The number of nitrogens with one attached hydrogen (secondary N) is 1. The molecule has 1 N–H and O–H groups in total. The number of carbonyl (C=O) groups is 2. The molecule has 0 unspecified atom stereocenters. The summed E-state index contributed by atoms with van der Waals surface area (Å²) >= 11 is 6.07. The molecule has 2 amide bonds. The van der Waals surface area contributed by atoms with Gasteiger partial charge in [-0.3, -0.25) is 9.59 Å². The molecule has 0 fully saturated rings. The summed E-state index contributed by atoms with van der Waals surface area (Å²) in [5, 5.41) is 3.64. The fourth-order valence-corrected chi connectivity index (χ4v) is 3.91. The molecule has 1 atom stereocenters. The Balaban J connectivity index is 1.95. The van der Waals surface area contributed by atoms with Gasteiger partial charge in [0.25, 0.3) is 0 Å². The molecule has 33 heavy (non-hydrogen) atoms. The summed E-state index contributed by atoms with van der Waals surface area (Å²) in [6, 6.07) is 24.5. The maximum absolute atomic E-state index is 13.7. The lowest BCUT2D eigenvalue weighted by molar-refractivity contribution is -0.140. The maximum Gasteiger partial charge on any atom is 0.243 e. The number of rotatable bonds is 10. The van der Waals surface area contributed by atoms with Gasteiger partial charge >= 0.3 is 0 Å². The van der Waals surface area contributed by atoms with Crippen LogP contribution in [0.5, 0.6) is 0 Å². The highest BCUT2D eigenvalue weighted by Crippen LogP contribution is 2.19. The van der Waals surface area contributed by atoms with Crippen molar-refractivity contribution in [3.05, 3.63) is 106 Å². The standard InChI is InChI=1S/C28H31ClN2O2/c1-3-17-30-28(33)26(18-22-10-5-4-6-11-22)31(20-23-13-15-25(29)16-14-23)27(32)19-24-12-8-7-9-21(24)2/h4-16,26H,3,17-20H2,1-2H3,(H,30,33)/t26-/m0/s1. The quantitative estimate of drug-likeness (QED) is 0.441. The largest absolute Gasteiger partial charge is 0.354 e. The molecule has 0 heterocycles. The Kier molecular flexibility index (Phi) is 9.08. The van der Waals surface area contributed by atoms with Gasteiger partial charge in [-0.05, 0) is 47.7 Å². The van der Waals surface area contributed by atoms with E-state index in [0.717, 1.165) is 28.7 Å². The fourth-order valence-electron chi connectivity index (χ4n) is 3.78. The van der Waals surface area contributed by atoms with E-state index >= 15 is 0 Å². The van der Waals surface area contributed by atoms with Crippen LogP contribution in [0.25, 0.3) is 0 Å². The van der Waals surface area contributed by atoms with Crippen LogP contribution in [0.1, 0.15) is 35.6 Å². The molecular formula is C28H31ClN2O2. The number of carbonyl (C=O) groups excluding carboxylic acids is 2. The fraction of sp³-hybridized carbons (Fsp3) is 0.286. The predicted octanol–water partition coefficient (Wildman–Crippen LogP) is 5.36. The van der Waals surface area contributed by atoms with Crippen molar-refractivity contribution in [3.8, 4) is 0 Å².